The molecule has 9 heteroatoms. The second kappa shape index (κ2) is 8.93. The number of nitrogens with zero attached hydrogens (tertiary/aromatic N) is 1. The van der Waals surface area contributed by atoms with Gasteiger partial charge in [0.2, 0.25) is 16.8 Å². The van der Waals surface area contributed by atoms with Crippen LogP contribution in [0.25, 0.3) is 0 Å². The Morgan fingerprint density at radius 1 is 1.00 bits per heavy atom. The number of hydrogen-bond donors (Lipinski definition) is 1. The monoisotopic (exact) mass is 432 g/mol. The molecule has 0 aliphatic carbocycles. The summed E-state index contributed by atoms with van der Waals surface area (Å²) >= 11 is 0. The number of nitrogens with one attached hydrogen (secondary N) is 1. The number of amides is 1. The molecule has 0 unspecified atom stereocenters. The maximum Gasteiger partial charge on any atom is 0.258 e. The number of fused-ring (bicyclic) bond motifs is 1. The highest BCUT2D eigenvalue weighted by Gasteiger charge is 2.25. The second-order valence-electron chi connectivity index (χ2n) is 7.19. The van der Waals surface area contributed by atoms with E-state index < -0.39 is 10.0 Å². The highest BCUT2D eigenvalue weighted by Crippen LogP contribution is 2.32. The third kappa shape index (κ3) is 4.68. The summed E-state index contributed by atoms with van der Waals surface area (Å²) in [4.78, 5) is 12.3. The van der Waals surface area contributed by atoms with Gasteiger partial charge < -0.3 is 19.5 Å². The smallest absolute Gasteiger partial charge is 0.258 e. The van der Waals surface area contributed by atoms with Crippen LogP contribution in [0.3, 0.4) is 0 Å². The summed E-state index contributed by atoms with van der Waals surface area (Å²) in [5.74, 6) is 1.51. The summed E-state index contributed by atoms with van der Waals surface area (Å²) < 4.78 is 42.9. The van der Waals surface area contributed by atoms with Crippen molar-refractivity contribution < 1.29 is 27.4 Å². The number of benzene rings is 2. The molecule has 0 radical (unpaired) electrons. The molecule has 0 atom stereocenters. The van der Waals surface area contributed by atoms with Crippen LogP contribution < -0.4 is 19.5 Å². The van der Waals surface area contributed by atoms with Crippen LogP contribution >= 0.6 is 0 Å². The van der Waals surface area contributed by atoms with Crippen molar-refractivity contribution in [2.45, 2.75) is 30.7 Å². The summed E-state index contributed by atoms with van der Waals surface area (Å²) in [6, 6.07) is 11.7. The topological polar surface area (TPSA) is 94.2 Å². The van der Waals surface area contributed by atoms with Crippen LogP contribution in [0.5, 0.6) is 17.2 Å². The Kier molecular flexibility index (Phi) is 6.10. The zero-order valence-electron chi connectivity index (χ0n) is 16.5. The molecule has 2 heterocycles. The maximum atomic E-state index is 12.7. The summed E-state index contributed by atoms with van der Waals surface area (Å²) in [7, 11) is -3.47. The van der Waals surface area contributed by atoms with Gasteiger partial charge in [-0.2, -0.15) is 4.31 Å². The lowest BCUT2D eigenvalue weighted by atomic mass is 10.2. The number of carbonyl (C=O) groups excluding carboxylic acids is 1. The van der Waals surface area contributed by atoms with Crippen molar-refractivity contribution in [2.75, 3.05) is 26.5 Å². The molecule has 0 spiro atoms. The number of hydrogen-bond acceptors (Lipinski definition) is 6. The molecular weight excluding hydrogens is 408 g/mol. The number of ether oxygens (including phenoxy) is 3. The third-order valence-electron chi connectivity index (χ3n) is 5.07. The van der Waals surface area contributed by atoms with E-state index in [0.29, 0.717) is 36.9 Å². The van der Waals surface area contributed by atoms with Crippen LogP contribution in [-0.4, -0.2) is 45.1 Å². The van der Waals surface area contributed by atoms with Gasteiger partial charge in [-0.15, -0.1) is 0 Å². The van der Waals surface area contributed by atoms with E-state index in [-0.39, 0.29) is 24.2 Å². The van der Waals surface area contributed by atoms with E-state index in [1.807, 2.05) is 12.1 Å². The molecule has 160 valence electrons. The first-order valence-electron chi connectivity index (χ1n) is 9.91. The largest absolute Gasteiger partial charge is 0.484 e. The lowest BCUT2D eigenvalue weighted by Crippen LogP contribution is -2.35. The van der Waals surface area contributed by atoms with E-state index >= 15 is 0 Å². The van der Waals surface area contributed by atoms with Gasteiger partial charge in [-0.05, 0) is 54.8 Å². The van der Waals surface area contributed by atoms with Crippen molar-refractivity contribution >= 4 is 15.9 Å². The summed E-state index contributed by atoms with van der Waals surface area (Å²) in [5, 5.41) is 2.78. The minimum atomic E-state index is -3.47. The van der Waals surface area contributed by atoms with Crippen molar-refractivity contribution in [3.05, 3.63) is 48.0 Å². The van der Waals surface area contributed by atoms with Crippen molar-refractivity contribution in [1.82, 2.24) is 9.62 Å². The van der Waals surface area contributed by atoms with Gasteiger partial charge in [0, 0.05) is 19.6 Å². The molecule has 0 aromatic heterocycles. The fourth-order valence-electron chi connectivity index (χ4n) is 3.41. The number of rotatable bonds is 7. The molecule has 0 bridgehead atoms. The van der Waals surface area contributed by atoms with Crippen LogP contribution in [0, 0.1) is 0 Å². The van der Waals surface area contributed by atoms with Gasteiger partial charge in [0.05, 0.1) is 4.90 Å². The van der Waals surface area contributed by atoms with Gasteiger partial charge in [-0.1, -0.05) is 12.5 Å². The van der Waals surface area contributed by atoms with Gasteiger partial charge >= 0.3 is 0 Å². The SMILES string of the molecule is O=C(COc1ccc(S(=O)(=O)N2CCCCC2)cc1)NCc1ccc2c(c1)OCO2. The van der Waals surface area contributed by atoms with Gasteiger partial charge in [-0.3, -0.25) is 4.79 Å². The first-order valence-corrected chi connectivity index (χ1v) is 11.3. The summed E-state index contributed by atoms with van der Waals surface area (Å²) in [6.45, 7) is 1.50. The third-order valence-corrected chi connectivity index (χ3v) is 6.99. The Morgan fingerprint density at radius 3 is 2.50 bits per heavy atom. The molecule has 2 aliphatic heterocycles. The Morgan fingerprint density at radius 2 is 1.73 bits per heavy atom. The van der Waals surface area contributed by atoms with E-state index in [0.717, 1.165) is 24.8 Å². The standard InChI is InChI=1S/C21H24N2O6S/c24-21(22-13-16-4-9-19-20(12-16)29-15-28-19)14-27-17-5-7-18(8-6-17)30(25,26)23-10-2-1-3-11-23/h4-9,12H,1-3,10-11,13-15H2,(H,22,24). The van der Waals surface area contributed by atoms with Gasteiger partial charge in [0.25, 0.3) is 5.91 Å². The molecule has 1 saturated heterocycles. The average molecular weight is 432 g/mol. The predicted molar refractivity (Wildman–Crippen MR) is 109 cm³/mol. The number of piperidine rings is 1. The highest BCUT2D eigenvalue weighted by molar-refractivity contribution is 7.89. The van der Waals surface area contributed by atoms with Crippen LogP contribution in [0.4, 0.5) is 0 Å². The number of sulfonamides is 1. The molecule has 30 heavy (non-hydrogen) atoms. The maximum absolute atomic E-state index is 12.7. The zero-order chi connectivity index (χ0) is 21.0. The molecule has 1 amide bonds. The lowest BCUT2D eigenvalue weighted by molar-refractivity contribution is -0.123. The van der Waals surface area contributed by atoms with E-state index in [1.165, 1.54) is 16.4 Å². The number of carbonyl (C=O) groups is 1. The molecule has 1 fully saturated rings. The summed E-state index contributed by atoms with van der Waals surface area (Å²) in [6.07, 6.45) is 2.85. The highest BCUT2D eigenvalue weighted by atomic mass is 32.2. The van der Waals surface area contributed by atoms with E-state index in [1.54, 1.807) is 18.2 Å². The van der Waals surface area contributed by atoms with Crippen LogP contribution in [-0.2, 0) is 21.4 Å². The zero-order valence-corrected chi connectivity index (χ0v) is 17.3. The van der Waals surface area contributed by atoms with Gasteiger partial charge in [0.1, 0.15) is 5.75 Å². The Bertz CT molecular complexity index is 1000. The van der Waals surface area contributed by atoms with E-state index in [2.05, 4.69) is 5.32 Å². The lowest BCUT2D eigenvalue weighted by Gasteiger charge is -2.25. The van der Waals surface area contributed by atoms with Crippen molar-refractivity contribution in [2.24, 2.45) is 0 Å². The molecule has 2 aromatic rings. The molecule has 2 aromatic carbocycles. The minimum Gasteiger partial charge on any atom is -0.484 e. The Balaban J connectivity index is 1.27. The molecular formula is C21H24N2O6S. The van der Waals surface area contributed by atoms with Crippen LogP contribution in [0.15, 0.2) is 47.4 Å². The Labute approximate surface area is 175 Å². The minimum absolute atomic E-state index is 0.164. The van der Waals surface area contributed by atoms with E-state index in [4.69, 9.17) is 14.2 Å². The molecule has 1 N–H and O–H groups in total. The fourth-order valence-corrected chi connectivity index (χ4v) is 4.93. The first kappa shape index (κ1) is 20.5. The molecule has 8 nitrogen and oxygen atoms in total. The first-order chi connectivity index (χ1) is 14.5. The predicted octanol–water partition coefficient (Wildman–Crippen LogP) is 2.29. The van der Waals surface area contributed by atoms with Gasteiger partial charge in [-0.25, -0.2) is 8.42 Å². The van der Waals surface area contributed by atoms with Crippen molar-refractivity contribution in [1.29, 1.82) is 0 Å². The van der Waals surface area contributed by atoms with Crippen LogP contribution in [0.1, 0.15) is 24.8 Å². The molecule has 0 saturated carbocycles. The second-order valence-corrected chi connectivity index (χ2v) is 9.13. The Hall–Kier alpha value is -2.78. The molecule has 2 aliphatic rings. The van der Waals surface area contributed by atoms with Crippen LogP contribution in [0.2, 0.25) is 0 Å². The summed E-state index contributed by atoms with van der Waals surface area (Å²) in [5.41, 5.74) is 0.889. The van der Waals surface area contributed by atoms with Crippen molar-refractivity contribution in [3.8, 4) is 17.2 Å². The van der Waals surface area contributed by atoms with Gasteiger partial charge in [0.15, 0.2) is 18.1 Å². The fraction of sp³-hybridized carbons (Fsp3) is 0.381. The normalized spacial score (nSPS) is 16.3. The average Bonchev–Trinajstić information content (AvgIpc) is 3.25. The molecule has 4 rings (SSSR count). The quantitative estimate of drug-likeness (QED) is 0.722. The van der Waals surface area contributed by atoms with Crippen molar-refractivity contribution in [3.63, 3.8) is 0 Å². The van der Waals surface area contributed by atoms with E-state index in [9.17, 15) is 13.2 Å².